The number of nitrogens with two attached hydrogens (primary N) is 2. The molecule has 114 valence electrons. The quantitative estimate of drug-likeness (QED) is 0.633. The van der Waals surface area contributed by atoms with Crippen molar-refractivity contribution in [1.82, 2.24) is 5.32 Å². The van der Waals surface area contributed by atoms with Crippen molar-refractivity contribution in [3.63, 3.8) is 0 Å². The van der Waals surface area contributed by atoms with Gasteiger partial charge in [0.05, 0.1) is 0 Å². The van der Waals surface area contributed by atoms with E-state index in [0.717, 1.165) is 5.56 Å². The van der Waals surface area contributed by atoms with Gasteiger partial charge in [0.25, 0.3) is 5.91 Å². The number of carbonyl (C=O) groups is 3. The van der Waals surface area contributed by atoms with Gasteiger partial charge in [-0.3, -0.25) is 14.4 Å². The Kier molecular flexibility index (Phi) is 5.54. The van der Waals surface area contributed by atoms with Crippen LogP contribution < -0.4 is 21.5 Å². The van der Waals surface area contributed by atoms with Crippen molar-refractivity contribution in [3.05, 3.63) is 28.8 Å². The Morgan fingerprint density at radius 3 is 2.29 bits per heavy atom. The van der Waals surface area contributed by atoms with Crippen molar-refractivity contribution in [2.75, 3.05) is 0 Å². The molecule has 21 heavy (non-hydrogen) atoms. The number of hydrogen-bond donors (Lipinski definition) is 3. The molecule has 0 aliphatic heterocycles. The molecule has 0 unspecified atom stereocenters. The number of carbonyl (C=O) groups excluding carboxylic acids is 3. The predicted molar refractivity (Wildman–Crippen MR) is 76.6 cm³/mol. The zero-order valence-corrected chi connectivity index (χ0v) is 12.3. The molecule has 0 spiro atoms. The van der Waals surface area contributed by atoms with E-state index in [1.807, 2.05) is 0 Å². The van der Waals surface area contributed by atoms with Crippen LogP contribution in [0.15, 0.2) is 18.2 Å². The van der Waals surface area contributed by atoms with Crippen LogP contribution >= 0.6 is 11.6 Å². The Labute approximate surface area is 126 Å². The van der Waals surface area contributed by atoms with Gasteiger partial charge >= 0.3 is 0 Å². The van der Waals surface area contributed by atoms with Gasteiger partial charge < -0.3 is 21.5 Å². The van der Waals surface area contributed by atoms with Gasteiger partial charge in [0, 0.05) is 5.02 Å². The van der Waals surface area contributed by atoms with Crippen molar-refractivity contribution >= 4 is 29.3 Å². The van der Waals surface area contributed by atoms with E-state index in [1.54, 1.807) is 25.1 Å². The van der Waals surface area contributed by atoms with E-state index in [4.69, 9.17) is 27.8 Å². The molecule has 0 saturated heterocycles. The third-order valence-corrected chi connectivity index (χ3v) is 2.90. The number of amides is 3. The van der Waals surface area contributed by atoms with Crippen molar-refractivity contribution in [3.8, 4) is 5.75 Å². The largest absolute Gasteiger partial charge is 0.481 e. The Hall–Kier alpha value is -2.28. The highest BCUT2D eigenvalue weighted by Crippen LogP contribution is 2.22. The lowest BCUT2D eigenvalue weighted by molar-refractivity contribution is -0.136. The Bertz CT molecular complexity index is 563. The summed E-state index contributed by atoms with van der Waals surface area (Å²) < 4.78 is 5.45. The summed E-state index contributed by atoms with van der Waals surface area (Å²) in [7, 11) is 0. The van der Waals surface area contributed by atoms with Crippen LogP contribution in [0, 0.1) is 6.92 Å². The zero-order valence-electron chi connectivity index (χ0n) is 11.6. The SMILES string of the molecule is Cc1cc(Cl)ccc1O[C@H](C)C(=O)NC(C(N)=O)C(N)=O. The monoisotopic (exact) mass is 313 g/mol. The molecule has 0 aliphatic carbocycles. The van der Waals surface area contributed by atoms with Crippen molar-refractivity contribution < 1.29 is 19.1 Å². The molecule has 1 rings (SSSR count). The first-order chi connectivity index (χ1) is 9.72. The zero-order chi connectivity index (χ0) is 16.2. The fourth-order valence-corrected chi connectivity index (χ4v) is 1.76. The third kappa shape index (κ3) is 4.64. The highest BCUT2D eigenvalue weighted by molar-refractivity contribution is 6.30. The lowest BCUT2D eigenvalue weighted by Crippen LogP contribution is -2.55. The number of benzene rings is 1. The smallest absolute Gasteiger partial charge is 0.261 e. The molecular weight excluding hydrogens is 298 g/mol. The van der Waals surface area contributed by atoms with Crippen LogP contribution in [0.5, 0.6) is 5.75 Å². The predicted octanol–water partition coefficient (Wildman–Crippen LogP) is -0.129. The maximum absolute atomic E-state index is 11.9. The molecule has 0 fully saturated rings. The molecule has 1 aromatic carbocycles. The summed E-state index contributed by atoms with van der Waals surface area (Å²) in [5, 5.41) is 2.67. The first kappa shape index (κ1) is 16.8. The summed E-state index contributed by atoms with van der Waals surface area (Å²) in [6.45, 7) is 3.23. The van der Waals surface area contributed by atoms with Crippen LogP contribution in [0.1, 0.15) is 12.5 Å². The minimum atomic E-state index is -1.57. The fraction of sp³-hybridized carbons (Fsp3) is 0.308. The minimum Gasteiger partial charge on any atom is -0.481 e. The van der Waals surface area contributed by atoms with Gasteiger partial charge in [-0.15, -0.1) is 0 Å². The molecule has 0 aromatic heterocycles. The van der Waals surface area contributed by atoms with Crippen LogP contribution in [-0.4, -0.2) is 29.9 Å². The molecule has 0 saturated carbocycles. The Morgan fingerprint density at radius 2 is 1.81 bits per heavy atom. The number of rotatable bonds is 6. The number of aryl methyl sites for hydroxylation is 1. The van der Waals surface area contributed by atoms with E-state index < -0.39 is 29.9 Å². The van der Waals surface area contributed by atoms with Gasteiger partial charge in [-0.1, -0.05) is 11.6 Å². The van der Waals surface area contributed by atoms with E-state index in [1.165, 1.54) is 6.92 Å². The molecule has 1 atom stereocenters. The van der Waals surface area contributed by atoms with Gasteiger partial charge in [0.1, 0.15) is 5.75 Å². The number of ether oxygens (including phenoxy) is 1. The highest BCUT2D eigenvalue weighted by atomic mass is 35.5. The normalized spacial score (nSPS) is 11.8. The molecular formula is C13H16ClN3O4. The summed E-state index contributed by atoms with van der Waals surface area (Å²) in [5.41, 5.74) is 10.7. The molecule has 5 N–H and O–H groups in total. The summed E-state index contributed by atoms with van der Waals surface area (Å²) in [5.74, 6) is -2.31. The van der Waals surface area contributed by atoms with E-state index in [-0.39, 0.29) is 0 Å². The standard InChI is InChI=1S/C13H16ClN3O4/c1-6-5-8(14)3-4-9(6)21-7(2)13(20)17-10(11(15)18)12(16)19/h3-5,7,10H,1-2H3,(H2,15,18)(H2,16,19)(H,17,20)/t7-/m1/s1. The van der Waals surface area contributed by atoms with Crippen molar-refractivity contribution in [2.45, 2.75) is 26.0 Å². The van der Waals surface area contributed by atoms with Crippen LogP contribution in [0.25, 0.3) is 0 Å². The number of nitrogens with one attached hydrogen (secondary N) is 1. The second-order valence-corrected chi connectivity index (χ2v) is 4.85. The third-order valence-electron chi connectivity index (χ3n) is 2.67. The molecule has 8 heteroatoms. The second kappa shape index (κ2) is 6.94. The van der Waals surface area contributed by atoms with Crippen molar-refractivity contribution in [2.24, 2.45) is 11.5 Å². The van der Waals surface area contributed by atoms with Gasteiger partial charge in [0.2, 0.25) is 11.8 Å². The molecule has 7 nitrogen and oxygen atoms in total. The second-order valence-electron chi connectivity index (χ2n) is 4.42. The van der Waals surface area contributed by atoms with Gasteiger partial charge in [0.15, 0.2) is 12.1 Å². The van der Waals surface area contributed by atoms with E-state index in [9.17, 15) is 14.4 Å². The molecule has 0 heterocycles. The fourth-order valence-electron chi connectivity index (χ4n) is 1.53. The first-order valence-electron chi connectivity index (χ1n) is 6.04. The van der Waals surface area contributed by atoms with E-state index in [0.29, 0.717) is 10.8 Å². The molecule has 3 amide bonds. The first-order valence-corrected chi connectivity index (χ1v) is 6.42. The maximum atomic E-state index is 11.9. The van der Waals surface area contributed by atoms with E-state index in [2.05, 4.69) is 5.32 Å². The van der Waals surface area contributed by atoms with Crippen molar-refractivity contribution in [1.29, 1.82) is 0 Å². The lowest BCUT2D eigenvalue weighted by atomic mass is 10.2. The topological polar surface area (TPSA) is 125 Å². The van der Waals surface area contributed by atoms with Gasteiger partial charge in [-0.2, -0.15) is 0 Å². The van der Waals surface area contributed by atoms with Gasteiger partial charge in [-0.05, 0) is 37.6 Å². The van der Waals surface area contributed by atoms with E-state index >= 15 is 0 Å². The summed E-state index contributed by atoms with van der Waals surface area (Å²) in [6, 6.07) is 3.33. The molecule has 1 aromatic rings. The average molecular weight is 314 g/mol. The maximum Gasteiger partial charge on any atom is 0.261 e. The van der Waals surface area contributed by atoms with Crippen LogP contribution in [-0.2, 0) is 14.4 Å². The molecule has 0 aliphatic rings. The molecule has 0 bridgehead atoms. The average Bonchev–Trinajstić information content (AvgIpc) is 2.37. The van der Waals surface area contributed by atoms with Crippen LogP contribution in [0.3, 0.4) is 0 Å². The summed E-state index contributed by atoms with van der Waals surface area (Å²) >= 11 is 5.82. The number of primary amides is 2. The lowest BCUT2D eigenvalue weighted by Gasteiger charge is -2.18. The highest BCUT2D eigenvalue weighted by Gasteiger charge is 2.27. The number of halogens is 1. The molecule has 0 radical (unpaired) electrons. The van der Waals surface area contributed by atoms with Crippen LogP contribution in [0.2, 0.25) is 5.02 Å². The number of hydrogen-bond acceptors (Lipinski definition) is 4. The summed E-state index contributed by atoms with van der Waals surface area (Å²) in [4.78, 5) is 33.9. The Morgan fingerprint density at radius 1 is 1.24 bits per heavy atom. The van der Waals surface area contributed by atoms with Gasteiger partial charge in [-0.25, -0.2) is 0 Å². The Balaban J connectivity index is 2.74. The minimum absolute atomic E-state index is 0.455. The van der Waals surface area contributed by atoms with Crippen LogP contribution in [0.4, 0.5) is 0 Å². The summed E-state index contributed by atoms with van der Waals surface area (Å²) in [6.07, 6.45) is -0.953.